The highest BCUT2D eigenvalue weighted by Gasteiger charge is 2.19. The minimum Gasteiger partial charge on any atom is -0.496 e. The van der Waals surface area contributed by atoms with Gasteiger partial charge in [-0.1, -0.05) is 18.7 Å². The molecule has 1 aromatic carbocycles. The van der Waals surface area contributed by atoms with E-state index in [0.29, 0.717) is 0 Å². The predicted octanol–water partition coefficient (Wildman–Crippen LogP) is 1.62. The highest BCUT2D eigenvalue weighted by atomic mass is 35.5. The van der Waals surface area contributed by atoms with E-state index in [1.54, 1.807) is 6.92 Å². The van der Waals surface area contributed by atoms with Crippen LogP contribution >= 0.6 is 23.4 Å². The molecule has 0 aliphatic rings. The number of hydrogen-bond donors (Lipinski definition) is 1. The third kappa shape index (κ3) is 4.99. The van der Waals surface area contributed by atoms with Gasteiger partial charge in [-0.05, 0) is 29.8 Å². The molecule has 0 spiro atoms. The maximum absolute atomic E-state index is 12.1. The number of primary sulfonamides is 1. The zero-order valence-electron chi connectivity index (χ0n) is 11.3. The van der Waals surface area contributed by atoms with Crippen molar-refractivity contribution in [3.05, 3.63) is 23.8 Å². The van der Waals surface area contributed by atoms with E-state index >= 15 is 0 Å². The van der Waals surface area contributed by atoms with Gasteiger partial charge in [0.05, 0.1) is 17.6 Å². The van der Waals surface area contributed by atoms with Crippen molar-refractivity contribution in [2.45, 2.75) is 11.8 Å². The molecule has 2 N–H and O–H groups in total. The second-order valence-corrected chi connectivity index (χ2v) is 7.14. The van der Waals surface area contributed by atoms with Crippen LogP contribution in [0.3, 0.4) is 0 Å². The molecule has 21 heavy (non-hydrogen) atoms. The molecule has 116 valence electrons. The third-order valence-corrected chi connectivity index (χ3v) is 5.00. The number of thioether (sulfide) groups is 1. The molecule has 6 nitrogen and oxygen atoms in total. The van der Waals surface area contributed by atoms with Gasteiger partial charge in [0.2, 0.25) is 20.4 Å². The van der Waals surface area contributed by atoms with E-state index in [1.165, 1.54) is 19.2 Å². The molecule has 0 aliphatic heterocycles. The van der Waals surface area contributed by atoms with Crippen molar-refractivity contribution in [1.29, 1.82) is 0 Å². The van der Waals surface area contributed by atoms with Crippen LogP contribution in [0.2, 0.25) is 0 Å². The van der Waals surface area contributed by atoms with Gasteiger partial charge in [0.25, 0.3) is 0 Å². The first kappa shape index (κ1) is 18.0. The van der Waals surface area contributed by atoms with Gasteiger partial charge in [0.15, 0.2) is 0 Å². The lowest BCUT2D eigenvalue weighted by molar-refractivity contribution is -0.114. The van der Waals surface area contributed by atoms with Gasteiger partial charge in [-0.2, -0.15) is 0 Å². The summed E-state index contributed by atoms with van der Waals surface area (Å²) in [4.78, 5) is 22.9. The number of halogens is 1. The largest absolute Gasteiger partial charge is 0.496 e. The Balaban J connectivity index is 3.04. The molecule has 0 aliphatic carbocycles. The van der Waals surface area contributed by atoms with Crippen LogP contribution < -0.4 is 9.88 Å². The highest BCUT2D eigenvalue weighted by Crippen LogP contribution is 2.27. The predicted molar refractivity (Wildman–Crippen MR) is 81.2 cm³/mol. The molecule has 0 saturated carbocycles. The van der Waals surface area contributed by atoms with Gasteiger partial charge in [-0.3, -0.25) is 9.59 Å². The summed E-state index contributed by atoms with van der Waals surface area (Å²) in [5.41, 5.74) is 0.0725. The SMILES string of the molecule is COc1ccc(S(N)(=O)=O)cc1C(=O)SCC(C)C(=O)Cl. The molecule has 0 amide bonds. The van der Waals surface area contributed by atoms with Crippen molar-refractivity contribution >= 4 is 43.7 Å². The second-order valence-electron chi connectivity index (χ2n) is 4.21. The van der Waals surface area contributed by atoms with Crippen LogP contribution in [0.25, 0.3) is 0 Å². The summed E-state index contributed by atoms with van der Waals surface area (Å²) in [6, 6.07) is 3.75. The molecule has 0 aromatic heterocycles. The van der Waals surface area contributed by atoms with Crippen LogP contribution in [0.5, 0.6) is 5.75 Å². The van der Waals surface area contributed by atoms with Gasteiger partial charge in [0.1, 0.15) is 5.75 Å². The number of methoxy groups -OCH3 is 1. The third-order valence-electron chi connectivity index (χ3n) is 2.57. The number of benzene rings is 1. The average Bonchev–Trinajstić information content (AvgIpc) is 2.42. The van der Waals surface area contributed by atoms with Gasteiger partial charge in [-0.15, -0.1) is 0 Å². The monoisotopic (exact) mass is 351 g/mol. The number of rotatable bonds is 6. The molecule has 1 rings (SSSR count). The van der Waals surface area contributed by atoms with E-state index in [2.05, 4.69) is 0 Å². The highest BCUT2D eigenvalue weighted by molar-refractivity contribution is 8.14. The number of hydrogen-bond acceptors (Lipinski definition) is 6. The summed E-state index contributed by atoms with van der Waals surface area (Å²) >= 11 is 6.17. The number of sulfonamides is 1. The molecule has 0 radical (unpaired) electrons. The smallest absolute Gasteiger partial charge is 0.238 e. The van der Waals surface area contributed by atoms with Gasteiger partial charge in [0, 0.05) is 11.7 Å². The van der Waals surface area contributed by atoms with Crippen molar-refractivity contribution in [2.24, 2.45) is 11.1 Å². The minimum atomic E-state index is -3.92. The molecule has 0 saturated heterocycles. The summed E-state index contributed by atoms with van der Waals surface area (Å²) in [5, 5.41) is 4.06. The van der Waals surface area contributed by atoms with E-state index in [0.717, 1.165) is 17.8 Å². The first-order valence-electron chi connectivity index (χ1n) is 5.74. The lowest BCUT2D eigenvalue weighted by Crippen LogP contribution is -2.14. The molecule has 0 bridgehead atoms. The molecular formula is C12H14ClNO5S2. The van der Waals surface area contributed by atoms with E-state index in [1.807, 2.05) is 0 Å². The summed E-state index contributed by atoms with van der Waals surface area (Å²) in [7, 11) is -2.56. The molecule has 1 aromatic rings. The van der Waals surface area contributed by atoms with Crippen molar-refractivity contribution in [1.82, 2.24) is 0 Å². The summed E-state index contributed by atoms with van der Waals surface area (Å²) in [5.74, 6) is -0.0815. The lowest BCUT2D eigenvalue weighted by Gasteiger charge is -2.10. The number of ether oxygens (including phenoxy) is 1. The molecular weight excluding hydrogens is 338 g/mol. The van der Waals surface area contributed by atoms with Crippen molar-refractivity contribution in [3.8, 4) is 5.75 Å². The second kappa shape index (κ2) is 7.26. The summed E-state index contributed by atoms with van der Waals surface area (Å²) < 4.78 is 27.7. The van der Waals surface area contributed by atoms with E-state index in [4.69, 9.17) is 21.5 Å². The lowest BCUT2D eigenvalue weighted by atomic mass is 10.2. The Labute approximate surface area is 132 Å². The van der Waals surface area contributed by atoms with Crippen LogP contribution in [0.15, 0.2) is 23.1 Å². The maximum atomic E-state index is 12.1. The summed E-state index contributed by atoms with van der Waals surface area (Å²) in [6.07, 6.45) is 0. The van der Waals surface area contributed by atoms with Crippen LogP contribution in [-0.4, -0.2) is 31.6 Å². The fraction of sp³-hybridized carbons (Fsp3) is 0.333. The number of carbonyl (C=O) groups excluding carboxylic acids is 2. The molecule has 0 fully saturated rings. The first-order chi connectivity index (χ1) is 9.66. The van der Waals surface area contributed by atoms with E-state index in [-0.39, 0.29) is 22.0 Å². The van der Waals surface area contributed by atoms with Crippen LogP contribution in [-0.2, 0) is 14.8 Å². The first-order valence-corrected chi connectivity index (χ1v) is 8.65. The van der Waals surface area contributed by atoms with Crippen molar-refractivity contribution in [3.63, 3.8) is 0 Å². The zero-order valence-corrected chi connectivity index (χ0v) is 13.7. The average molecular weight is 352 g/mol. The van der Waals surface area contributed by atoms with Gasteiger partial charge in [-0.25, -0.2) is 13.6 Å². The van der Waals surface area contributed by atoms with Crippen LogP contribution in [0.4, 0.5) is 0 Å². The standard InChI is InChI=1S/C12H14ClNO5S2/c1-7(11(13)15)6-20-12(16)9-5-8(21(14,17)18)3-4-10(9)19-2/h3-5,7H,6H2,1-2H3,(H2,14,17,18). The number of nitrogens with two attached hydrogens (primary N) is 1. The fourth-order valence-electron chi connectivity index (χ4n) is 1.37. The quantitative estimate of drug-likeness (QED) is 0.781. The van der Waals surface area contributed by atoms with Crippen molar-refractivity contribution in [2.75, 3.05) is 12.9 Å². The molecule has 1 unspecified atom stereocenters. The van der Waals surface area contributed by atoms with Crippen LogP contribution in [0, 0.1) is 5.92 Å². The zero-order chi connectivity index (χ0) is 16.2. The van der Waals surface area contributed by atoms with Gasteiger partial charge >= 0.3 is 0 Å². The molecule has 9 heteroatoms. The Hall–Kier alpha value is -1.09. The van der Waals surface area contributed by atoms with E-state index in [9.17, 15) is 18.0 Å². The summed E-state index contributed by atoms with van der Waals surface area (Å²) in [6.45, 7) is 1.59. The van der Waals surface area contributed by atoms with Crippen molar-refractivity contribution < 1.29 is 22.7 Å². The van der Waals surface area contributed by atoms with Gasteiger partial charge < -0.3 is 4.74 Å². The normalized spacial score (nSPS) is 12.8. The Morgan fingerprint density at radius 2 is 2.05 bits per heavy atom. The Kier molecular flexibility index (Phi) is 6.21. The Bertz CT molecular complexity index is 660. The minimum absolute atomic E-state index is 0.0725. The Morgan fingerprint density at radius 1 is 1.43 bits per heavy atom. The number of carbonyl (C=O) groups is 2. The fourth-order valence-corrected chi connectivity index (χ4v) is 2.94. The maximum Gasteiger partial charge on any atom is 0.238 e. The molecule has 1 atom stereocenters. The molecule has 0 heterocycles. The Morgan fingerprint density at radius 3 is 2.52 bits per heavy atom. The van der Waals surface area contributed by atoms with E-state index < -0.39 is 26.3 Å². The van der Waals surface area contributed by atoms with Crippen LogP contribution in [0.1, 0.15) is 17.3 Å². The topological polar surface area (TPSA) is 104 Å².